The fourth-order valence-corrected chi connectivity index (χ4v) is 3.00. The van der Waals surface area contributed by atoms with Gasteiger partial charge in [-0.25, -0.2) is 0 Å². The summed E-state index contributed by atoms with van der Waals surface area (Å²) in [5.74, 6) is 0. The van der Waals surface area contributed by atoms with Crippen LogP contribution in [0, 0.1) is 0 Å². The van der Waals surface area contributed by atoms with Crippen LogP contribution in [0.5, 0.6) is 0 Å². The number of amidine groups is 1. The summed E-state index contributed by atoms with van der Waals surface area (Å²) >= 11 is 1.94. The Hall–Kier alpha value is -0.180. The third-order valence-corrected chi connectivity index (χ3v) is 3.88. The van der Waals surface area contributed by atoms with Crippen molar-refractivity contribution in [1.29, 1.82) is 0 Å². The van der Waals surface area contributed by atoms with E-state index in [0.29, 0.717) is 6.04 Å². The number of hydrogen-bond donors (Lipinski definition) is 1. The second-order valence-electron chi connectivity index (χ2n) is 4.36. The number of aliphatic imine (C=N–C) groups is 1. The van der Waals surface area contributed by atoms with Gasteiger partial charge in [0, 0.05) is 11.3 Å². The maximum atomic E-state index is 4.55. The largest absolute Gasteiger partial charge is 0.362 e. The Kier molecular flexibility index (Phi) is 6.15. The first-order valence-electron chi connectivity index (χ1n) is 6.23. The van der Waals surface area contributed by atoms with Crippen molar-refractivity contribution in [2.45, 2.75) is 64.2 Å². The molecule has 0 bridgehead atoms. The topological polar surface area (TPSA) is 24.4 Å². The highest BCUT2D eigenvalue weighted by atomic mass is 32.2. The Bertz CT molecular complexity index is 204. The summed E-state index contributed by atoms with van der Waals surface area (Å²) in [5, 5.41) is 5.43. The molecule has 15 heavy (non-hydrogen) atoms. The highest BCUT2D eigenvalue weighted by Crippen LogP contribution is 2.23. The summed E-state index contributed by atoms with van der Waals surface area (Å²) < 4.78 is 0. The predicted molar refractivity (Wildman–Crippen MR) is 70.7 cm³/mol. The van der Waals surface area contributed by atoms with Crippen molar-refractivity contribution in [3.63, 3.8) is 0 Å². The number of hydrogen-bond acceptors (Lipinski definition) is 3. The first kappa shape index (κ1) is 12.9. The normalized spacial score (nSPS) is 22.6. The molecule has 0 aromatic carbocycles. The molecule has 0 aromatic heterocycles. The van der Waals surface area contributed by atoms with E-state index >= 15 is 0 Å². The predicted octanol–water partition coefficient (Wildman–Crippen LogP) is 3.43. The van der Waals surface area contributed by atoms with Crippen LogP contribution in [0.25, 0.3) is 0 Å². The van der Waals surface area contributed by atoms with Gasteiger partial charge in [-0.15, -0.1) is 0 Å². The third kappa shape index (κ3) is 4.92. The van der Waals surface area contributed by atoms with E-state index in [1.165, 1.54) is 37.3 Å². The van der Waals surface area contributed by atoms with Gasteiger partial charge in [0.1, 0.15) is 0 Å². The van der Waals surface area contributed by atoms with Crippen LogP contribution >= 0.6 is 11.8 Å². The summed E-state index contributed by atoms with van der Waals surface area (Å²) in [6.45, 7) is 7.76. The van der Waals surface area contributed by atoms with Gasteiger partial charge in [0.2, 0.25) is 0 Å². The molecule has 2 atom stereocenters. The van der Waals surface area contributed by atoms with Crippen molar-refractivity contribution in [3.05, 3.63) is 0 Å². The zero-order valence-corrected chi connectivity index (χ0v) is 11.1. The molecule has 2 nitrogen and oxygen atoms in total. The van der Waals surface area contributed by atoms with Gasteiger partial charge in [-0.05, 0) is 19.8 Å². The molecule has 0 aromatic rings. The maximum absolute atomic E-state index is 4.55. The third-order valence-electron chi connectivity index (χ3n) is 2.69. The molecule has 0 saturated carbocycles. The Balaban J connectivity index is 2.17. The van der Waals surface area contributed by atoms with Crippen molar-refractivity contribution >= 4 is 16.9 Å². The van der Waals surface area contributed by atoms with Crippen LogP contribution in [-0.2, 0) is 0 Å². The minimum Gasteiger partial charge on any atom is -0.362 e. The Morgan fingerprint density at radius 1 is 1.47 bits per heavy atom. The van der Waals surface area contributed by atoms with E-state index < -0.39 is 0 Å². The minimum atomic E-state index is 0.580. The van der Waals surface area contributed by atoms with Crippen molar-refractivity contribution < 1.29 is 0 Å². The average molecular weight is 228 g/mol. The first-order valence-corrected chi connectivity index (χ1v) is 7.11. The van der Waals surface area contributed by atoms with Crippen molar-refractivity contribution in [2.75, 3.05) is 6.54 Å². The van der Waals surface area contributed by atoms with Crippen LogP contribution in [0.1, 0.15) is 52.9 Å². The van der Waals surface area contributed by atoms with Gasteiger partial charge in [0.15, 0.2) is 5.17 Å². The highest BCUT2D eigenvalue weighted by molar-refractivity contribution is 8.14. The molecule has 1 N–H and O–H groups in total. The zero-order chi connectivity index (χ0) is 11.1. The highest BCUT2D eigenvalue weighted by Gasteiger charge is 2.19. The van der Waals surface area contributed by atoms with Crippen LogP contribution < -0.4 is 5.32 Å². The molecule has 1 rings (SSSR count). The van der Waals surface area contributed by atoms with Crippen molar-refractivity contribution in [2.24, 2.45) is 4.99 Å². The number of nitrogens with zero attached hydrogens (tertiary/aromatic N) is 1. The van der Waals surface area contributed by atoms with Gasteiger partial charge in [0.25, 0.3) is 0 Å². The van der Waals surface area contributed by atoms with Crippen LogP contribution in [0.2, 0.25) is 0 Å². The van der Waals surface area contributed by atoms with Gasteiger partial charge in [0.05, 0.1) is 6.54 Å². The number of nitrogens with one attached hydrogen (secondary N) is 1. The Morgan fingerprint density at radius 2 is 2.27 bits per heavy atom. The summed E-state index contributed by atoms with van der Waals surface area (Å²) in [6, 6.07) is 0.580. The van der Waals surface area contributed by atoms with Gasteiger partial charge < -0.3 is 5.32 Å². The Labute approximate surface area is 98.3 Å². The molecule has 88 valence electrons. The lowest BCUT2D eigenvalue weighted by Gasteiger charge is -2.14. The average Bonchev–Trinajstić information content (AvgIpc) is 2.63. The zero-order valence-electron chi connectivity index (χ0n) is 10.3. The molecule has 1 heterocycles. The second-order valence-corrected chi connectivity index (χ2v) is 5.65. The fourth-order valence-electron chi connectivity index (χ4n) is 1.76. The molecule has 0 spiro atoms. The van der Waals surface area contributed by atoms with Gasteiger partial charge in [-0.2, -0.15) is 0 Å². The standard InChI is InChI=1S/C12H24N2S/c1-4-6-8-10(3)14-12-13-9-11(15-12)7-5-2/h10-11H,4-9H2,1-3H3,(H,13,14). The molecule has 0 fully saturated rings. The van der Waals surface area contributed by atoms with E-state index in [2.05, 4.69) is 31.1 Å². The lowest BCUT2D eigenvalue weighted by molar-refractivity contribution is 0.573. The quantitative estimate of drug-likeness (QED) is 0.753. The molecule has 0 aliphatic carbocycles. The number of rotatable bonds is 6. The van der Waals surface area contributed by atoms with Crippen LogP contribution in [-0.4, -0.2) is 23.0 Å². The monoisotopic (exact) mass is 228 g/mol. The Morgan fingerprint density at radius 3 is 2.93 bits per heavy atom. The molecular formula is C12H24N2S. The summed E-state index contributed by atoms with van der Waals surface area (Å²) in [6.07, 6.45) is 6.41. The van der Waals surface area contributed by atoms with E-state index in [1.807, 2.05) is 11.8 Å². The molecule has 1 aliphatic heterocycles. The summed E-state index contributed by atoms with van der Waals surface area (Å²) in [7, 11) is 0. The molecule has 1 aliphatic rings. The van der Waals surface area contributed by atoms with Gasteiger partial charge in [-0.1, -0.05) is 44.9 Å². The van der Waals surface area contributed by atoms with Crippen LogP contribution in [0.4, 0.5) is 0 Å². The maximum Gasteiger partial charge on any atom is 0.157 e. The SMILES string of the molecule is CCCCC(C)NC1=NCC(CCC)S1. The molecule has 2 unspecified atom stereocenters. The van der Waals surface area contributed by atoms with Crippen molar-refractivity contribution in [1.82, 2.24) is 5.32 Å². The second kappa shape index (κ2) is 7.15. The summed E-state index contributed by atoms with van der Waals surface area (Å²) in [4.78, 5) is 4.55. The smallest absolute Gasteiger partial charge is 0.157 e. The van der Waals surface area contributed by atoms with Crippen molar-refractivity contribution in [3.8, 4) is 0 Å². The van der Waals surface area contributed by atoms with Crippen LogP contribution in [0.15, 0.2) is 4.99 Å². The van der Waals surface area contributed by atoms with E-state index in [9.17, 15) is 0 Å². The molecule has 0 radical (unpaired) electrons. The lowest BCUT2D eigenvalue weighted by atomic mass is 10.1. The molecule has 0 amide bonds. The molecule has 3 heteroatoms. The minimum absolute atomic E-state index is 0.580. The fraction of sp³-hybridized carbons (Fsp3) is 0.917. The van der Waals surface area contributed by atoms with Crippen LogP contribution in [0.3, 0.4) is 0 Å². The van der Waals surface area contributed by atoms with E-state index in [-0.39, 0.29) is 0 Å². The number of unbranched alkanes of at least 4 members (excludes halogenated alkanes) is 1. The summed E-state index contributed by atoms with van der Waals surface area (Å²) in [5.41, 5.74) is 0. The molecular weight excluding hydrogens is 204 g/mol. The van der Waals surface area contributed by atoms with Gasteiger partial charge in [-0.3, -0.25) is 4.99 Å². The van der Waals surface area contributed by atoms with E-state index in [1.54, 1.807) is 0 Å². The lowest BCUT2D eigenvalue weighted by Crippen LogP contribution is -2.29. The molecule has 0 saturated heterocycles. The van der Waals surface area contributed by atoms with E-state index in [0.717, 1.165) is 11.8 Å². The van der Waals surface area contributed by atoms with Gasteiger partial charge >= 0.3 is 0 Å². The number of thioether (sulfide) groups is 1. The first-order chi connectivity index (χ1) is 7.26. The van der Waals surface area contributed by atoms with E-state index in [4.69, 9.17) is 0 Å².